The van der Waals surface area contributed by atoms with Crippen LogP contribution in [0, 0.1) is 17.0 Å². The highest BCUT2D eigenvalue weighted by Gasteiger charge is 2.17. The van der Waals surface area contributed by atoms with Crippen molar-refractivity contribution in [3.05, 3.63) is 38.2 Å². The lowest BCUT2D eigenvalue weighted by Crippen LogP contribution is -2.29. The van der Waals surface area contributed by atoms with Gasteiger partial charge in [0.2, 0.25) is 5.91 Å². The van der Waals surface area contributed by atoms with E-state index in [1.165, 1.54) is 10.7 Å². The number of nitrogens with zero attached hydrogens (tertiary/aromatic N) is 5. The van der Waals surface area contributed by atoms with Crippen LogP contribution < -0.4 is 5.32 Å². The van der Waals surface area contributed by atoms with Crippen molar-refractivity contribution in [2.45, 2.75) is 33.5 Å². The number of nitrogens with one attached hydrogen (secondary N) is 1. The molecule has 0 aliphatic heterocycles. The minimum absolute atomic E-state index is 0.0719. The average Bonchev–Trinajstić information content (AvgIpc) is 3.00. The topological polar surface area (TPSA) is 108 Å². The molecule has 0 atom stereocenters. The lowest BCUT2D eigenvalue weighted by molar-refractivity contribution is -0.389. The molecule has 2 aromatic rings. The molecule has 1 N–H and O–H groups in total. The Kier molecular flexibility index (Phi) is 4.91. The molecule has 0 aromatic carbocycles. The first kappa shape index (κ1) is 16.1. The van der Waals surface area contributed by atoms with Crippen LogP contribution in [0.25, 0.3) is 0 Å². The van der Waals surface area contributed by atoms with Crippen LogP contribution in [0.15, 0.2) is 16.7 Å². The summed E-state index contributed by atoms with van der Waals surface area (Å²) in [5.74, 6) is -0.547. The number of amides is 1. The minimum Gasteiger partial charge on any atom is -0.358 e. The maximum atomic E-state index is 12.0. The molecule has 0 aliphatic carbocycles. The number of halogens is 1. The van der Waals surface area contributed by atoms with Crippen LogP contribution >= 0.6 is 15.9 Å². The summed E-state index contributed by atoms with van der Waals surface area (Å²) in [6, 6.07) is 1.33. The molecule has 0 radical (unpaired) electrons. The molecular weight excluding hydrogens is 356 g/mol. The molecule has 0 spiro atoms. The third-order valence-corrected chi connectivity index (χ3v) is 3.76. The summed E-state index contributed by atoms with van der Waals surface area (Å²) in [4.78, 5) is 22.0. The zero-order chi connectivity index (χ0) is 16.3. The maximum absolute atomic E-state index is 12.0. The summed E-state index contributed by atoms with van der Waals surface area (Å²) < 4.78 is 3.90. The van der Waals surface area contributed by atoms with E-state index in [-0.39, 0.29) is 18.3 Å². The predicted octanol–water partition coefficient (Wildman–Crippen LogP) is 1.40. The molecule has 0 bridgehead atoms. The van der Waals surface area contributed by atoms with Crippen molar-refractivity contribution < 1.29 is 9.72 Å². The average molecular weight is 371 g/mol. The number of carbonyl (C=O) groups excluding carboxylic acids is 1. The fourth-order valence-corrected chi connectivity index (χ4v) is 2.39. The SMILES string of the molecule is CCn1ncc(Br)c1CNC(=O)Cn1nc([N+](=O)[O-])cc1C. The normalized spacial score (nSPS) is 10.7. The van der Waals surface area contributed by atoms with E-state index in [0.29, 0.717) is 18.8 Å². The molecule has 0 saturated carbocycles. The van der Waals surface area contributed by atoms with E-state index >= 15 is 0 Å². The molecule has 22 heavy (non-hydrogen) atoms. The number of nitro groups is 1. The van der Waals surface area contributed by atoms with E-state index in [2.05, 4.69) is 31.4 Å². The number of hydrogen-bond acceptors (Lipinski definition) is 5. The molecule has 0 fully saturated rings. The quantitative estimate of drug-likeness (QED) is 0.610. The van der Waals surface area contributed by atoms with Gasteiger partial charge in [-0.1, -0.05) is 0 Å². The molecule has 2 aromatic heterocycles. The van der Waals surface area contributed by atoms with Gasteiger partial charge in [0.05, 0.1) is 39.8 Å². The summed E-state index contributed by atoms with van der Waals surface area (Å²) >= 11 is 3.38. The number of carbonyl (C=O) groups is 1. The van der Waals surface area contributed by atoms with E-state index in [9.17, 15) is 14.9 Å². The molecule has 0 saturated heterocycles. The van der Waals surface area contributed by atoms with Crippen LogP contribution in [0.5, 0.6) is 0 Å². The molecule has 118 valence electrons. The van der Waals surface area contributed by atoms with E-state index in [0.717, 1.165) is 10.2 Å². The Balaban J connectivity index is 1.99. The van der Waals surface area contributed by atoms with Gasteiger partial charge in [-0.15, -0.1) is 0 Å². The first-order valence-corrected chi connectivity index (χ1v) is 7.37. The van der Waals surface area contributed by atoms with Crippen molar-refractivity contribution in [1.82, 2.24) is 24.9 Å². The second-order valence-corrected chi connectivity index (χ2v) is 5.44. The Morgan fingerprint density at radius 2 is 2.23 bits per heavy atom. The Hall–Kier alpha value is -2.23. The predicted molar refractivity (Wildman–Crippen MR) is 81.1 cm³/mol. The lowest BCUT2D eigenvalue weighted by atomic mass is 10.4. The fraction of sp³-hybridized carbons (Fsp3) is 0.417. The van der Waals surface area contributed by atoms with E-state index < -0.39 is 4.92 Å². The zero-order valence-electron chi connectivity index (χ0n) is 12.1. The highest BCUT2D eigenvalue weighted by atomic mass is 79.9. The fourth-order valence-electron chi connectivity index (χ4n) is 1.95. The second-order valence-electron chi connectivity index (χ2n) is 4.59. The largest absolute Gasteiger partial charge is 0.390 e. The van der Waals surface area contributed by atoms with Gasteiger partial charge in [-0.2, -0.15) is 9.78 Å². The van der Waals surface area contributed by atoms with Crippen molar-refractivity contribution in [2.24, 2.45) is 0 Å². The standard InChI is InChI=1S/C12H15BrN6O3/c1-3-17-10(9(13)5-15-17)6-14-12(20)7-18-8(2)4-11(16-18)19(21)22/h4-5H,3,6-7H2,1-2H3,(H,14,20). The number of aryl methyl sites for hydroxylation is 2. The highest BCUT2D eigenvalue weighted by molar-refractivity contribution is 9.10. The molecule has 0 unspecified atom stereocenters. The first-order chi connectivity index (χ1) is 10.4. The van der Waals surface area contributed by atoms with Gasteiger partial charge in [-0.25, -0.2) is 0 Å². The molecule has 0 aliphatic rings. The summed E-state index contributed by atoms with van der Waals surface area (Å²) in [6.07, 6.45) is 1.67. The monoisotopic (exact) mass is 370 g/mol. The van der Waals surface area contributed by atoms with Crippen LogP contribution in [0.4, 0.5) is 5.82 Å². The van der Waals surface area contributed by atoms with Crippen molar-refractivity contribution in [3.8, 4) is 0 Å². The van der Waals surface area contributed by atoms with Gasteiger partial charge >= 0.3 is 5.82 Å². The van der Waals surface area contributed by atoms with Crippen molar-refractivity contribution in [1.29, 1.82) is 0 Å². The summed E-state index contributed by atoms with van der Waals surface area (Å²) in [6.45, 7) is 4.56. The van der Waals surface area contributed by atoms with Gasteiger partial charge in [0.15, 0.2) is 0 Å². The Bertz CT molecular complexity index is 708. The Labute approximate surface area is 134 Å². The highest BCUT2D eigenvalue weighted by Crippen LogP contribution is 2.15. The van der Waals surface area contributed by atoms with Gasteiger partial charge in [-0.3, -0.25) is 9.48 Å². The molecule has 2 heterocycles. The van der Waals surface area contributed by atoms with Crippen molar-refractivity contribution >= 4 is 27.7 Å². The number of rotatable bonds is 6. The van der Waals surface area contributed by atoms with E-state index in [1.807, 2.05) is 6.92 Å². The molecule has 1 amide bonds. The molecule has 9 nitrogen and oxygen atoms in total. The minimum atomic E-state index is -0.585. The molecule has 2 rings (SSSR count). The summed E-state index contributed by atoms with van der Waals surface area (Å²) in [5.41, 5.74) is 1.42. The van der Waals surface area contributed by atoms with E-state index in [4.69, 9.17) is 0 Å². The van der Waals surface area contributed by atoms with Gasteiger partial charge in [0.25, 0.3) is 0 Å². The van der Waals surface area contributed by atoms with Gasteiger partial charge < -0.3 is 15.4 Å². The molecular formula is C12H15BrN6O3. The van der Waals surface area contributed by atoms with Crippen LogP contribution in [-0.2, 0) is 24.4 Å². The Morgan fingerprint density at radius 3 is 2.82 bits per heavy atom. The van der Waals surface area contributed by atoms with Crippen molar-refractivity contribution in [2.75, 3.05) is 0 Å². The smallest absolute Gasteiger partial charge is 0.358 e. The van der Waals surface area contributed by atoms with Crippen LogP contribution in [0.2, 0.25) is 0 Å². The zero-order valence-corrected chi connectivity index (χ0v) is 13.7. The van der Waals surface area contributed by atoms with E-state index in [1.54, 1.807) is 17.8 Å². The first-order valence-electron chi connectivity index (χ1n) is 6.58. The lowest BCUT2D eigenvalue weighted by Gasteiger charge is -2.07. The van der Waals surface area contributed by atoms with Gasteiger partial charge in [0, 0.05) is 6.54 Å². The molecule has 10 heteroatoms. The van der Waals surface area contributed by atoms with Crippen LogP contribution in [-0.4, -0.2) is 30.4 Å². The second kappa shape index (κ2) is 6.69. The summed E-state index contributed by atoms with van der Waals surface area (Å²) in [5, 5.41) is 21.3. The third-order valence-electron chi connectivity index (χ3n) is 3.10. The third kappa shape index (κ3) is 3.50. The van der Waals surface area contributed by atoms with Crippen LogP contribution in [0.3, 0.4) is 0 Å². The van der Waals surface area contributed by atoms with Gasteiger partial charge in [-0.05, 0) is 34.7 Å². The summed E-state index contributed by atoms with van der Waals surface area (Å²) in [7, 11) is 0. The number of hydrogen-bond donors (Lipinski definition) is 1. The van der Waals surface area contributed by atoms with Gasteiger partial charge in [0.1, 0.15) is 6.54 Å². The number of aromatic nitrogens is 4. The maximum Gasteiger partial charge on any atom is 0.390 e. The van der Waals surface area contributed by atoms with Crippen LogP contribution in [0.1, 0.15) is 18.3 Å². The Morgan fingerprint density at radius 1 is 1.50 bits per heavy atom. The van der Waals surface area contributed by atoms with Crippen molar-refractivity contribution in [3.63, 3.8) is 0 Å².